The summed E-state index contributed by atoms with van der Waals surface area (Å²) in [5.74, 6) is -0.403. The van der Waals surface area contributed by atoms with Crippen LogP contribution in [0.1, 0.15) is 16.7 Å². The van der Waals surface area contributed by atoms with Crippen LogP contribution in [-0.4, -0.2) is 0 Å². The molecule has 2 nitrogen and oxygen atoms in total. The van der Waals surface area contributed by atoms with Crippen LogP contribution in [0.5, 0.6) is 0 Å². The van der Waals surface area contributed by atoms with Crippen LogP contribution in [0.4, 0.5) is 4.39 Å². The molecule has 0 bridgehead atoms. The fourth-order valence-corrected chi connectivity index (χ4v) is 1.92. The number of halogens is 2. The van der Waals surface area contributed by atoms with E-state index >= 15 is 0 Å². The van der Waals surface area contributed by atoms with Crippen molar-refractivity contribution in [1.29, 1.82) is 5.26 Å². The van der Waals surface area contributed by atoms with E-state index in [1.54, 1.807) is 24.3 Å². The Kier molecular flexibility index (Phi) is 4.51. The molecule has 19 heavy (non-hydrogen) atoms. The molecule has 0 amide bonds. The second kappa shape index (κ2) is 6.33. The first-order valence-electron chi connectivity index (χ1n) is 5.83. The maximum atomic E-state index is 13.2. The molecule has 1 N–H and O–H groups in total. The monoisotopic (exact) mass is 274 g/mol. The summed E-state index contributed by atoms with van der Waals surface area (Å²) in [6.07, 6.45) is 0. The number of nitriles is 1. The van der Waals surface area contributed by atoms with Gasteiger partial charge in [-0.05, 0) is 29.3 Å². The summed E-state index contributed by atoms with van der Waals surface area (Å²) in [4.78, 5) is 0. The topological polar surface area (TPSA) is 35.8 Å². The number of hydrogen-bond acceptors (Lipinski definition) is 2. The van der Waals surface area contributed by atoms with E-state index in [1.165, 1.54) is 6.07 Å². The number of nitrogens with one attached hydrogen (secondary N) is 1. The number of rotatable bonds is 4. The molecule has 0 aliphatic heterocycles. The molecule has 0 saturated carbocycles. The van der Waals surface area contributed by atoms with Crippen molar-refractivity contribution in [3.63, 3.8) is 0 Å². The summed E-state index contributed by atoms with van der Waals surface area (Å²) < 4.78 is 13.2. The van der Waals surface area contributed by atoms with Crippen molar-refractivity contribution in [1.82, 2.24) is 5.32 Å². The first-order valence-corrected chi connectivity index (χ1v) is 6.21. The Labute approximate surface area is 116 Å². The van der Waals surface area contributed by atoms with Gasteiger partial charge >= 0.3 is 0 Å². The van der Waals surface area contributed by atoms with Gasteiger partial charge < -0.3 is 5.32 Å². The van der Waals surface area contributed by atoms with Gasteiger partial charge in [-0.3, -0.25) is 0 Å². The summed E-state index contributed by atoms with van der Waals surface area (Å²) >= 11 is 5.86. The van der Waals surface area contributed by atoms with Crippen LogP contribution in [0.3, 0.4) is 0 Å². The molecule has 0 atom stereocenters. The lowest BCUT2D eigenvalue weighted by Crippen LogP contribution is -2.13. The molecule has 0 aliphatic carbocycles. The summed E-state index contributed by atoms with van der Waals surface area (Å²) in [5, 5.41) is 12.0. The molecule has 2 aromatic carbocycles. The highest BCUT2D eigenvalue weighted by Gasteiger charge is 2.04. The maximum absolute atomic E-state index is 13.2. The quantitative estimate of drug-likeness (QED) is 0.924. The van der Waals surface area contributed by atoms with Gasteiger partial charge in [-0.2, -0.15) is 5.26 Å². The second-order valence-electron chi connectivity index (χ2n) is 4.13. The molecule has 4 heteroatoms. The third-order valence-corrected chi connectivity index (χ3v) is 3.18. The number of hydrogen-bond donors (Lipinski definition) is 1. The molecule has 0 aromatic heterocycles. The first kappa shape index (κ1) is 13.5. The Morgan fingerprint density at radius 1 is 1.11 bits per heavy atom. The number of benzene rings is 2. The lowest BCUT2D eigenvalue weighted by Gasteiger charge is -2.07. The molecule has 0 saturated heterocycles. The Hall–Kier alpha value is -1.89. The SMILES string of the molecule is N#Cc1ccc(CNCc2cccc(F)c2Cl)cc1. The predicted molar refractivity (Wildman–Crippen MR) is 73.1 cm³/mol. The van der Waals surface area contributed by atoms with Gasteiger partial charge in [0, 0.05) is 13.1 Å². The molecule has 0 radical (unpaired) electrons. The van der Waals surface area contributed by atoms with Crippen LogP contribution in [0.2, 0.25) is 5.02 Å². The van der Waals surface area contributed by atoms with E-state index in [4.69, 9.17) is 16.9 Å². The van der Waals surface area contributed by atoms with E-state index in [-0.39, 0.29) is 5.02 Å². The molecular formula is C15H12ClFN2. The van der Waals surface area contributed by atoms with Crippen LogP contribution in [0, 0.1) is 17.1 Å². The Balaban J connectivity index is 1.93. The minimum absolute atomic E-state index is 0.162. The van der Waals surface area contributed by atoms with Crippen molar-refractivity contribution in [2.45, 2.75) is 13.1 Å². The van der Waals surface area contributed by atoms with E-state index in [0.29, 0.717) is 18.7 Å². The zero-order valence-corrected chi connectivity index (χ0v) is 10.9. The van der Waals surface area contributed by atoms with E-state index in [0.717, 1.165) is 11.1 Å². The standard InChI is InChI=1S/C15H12ClFN2/c16-15-13(2-1-3-14(15)17)10-19-9-12-6-4-11(8-18)5-7-12/h1-7,19H,9-10H2. The number of nitrogens with zero attached hydrogens (tertiary/aromatic N) is 1. The highest BCUT2D eigenvalue weighted by atomic mass is 35.5. The Bertz CT molecular complexity index is 603. The van der Waals surface area contributed by atoms with E-state index < -0.39 is 5.82 Å². The van der Waals surface area contributed by atoms with Crippen LogP contribution in [-0.2, 0) is 13.1 Å². The smallest absolute Gasteiger partial charge is 0.142 e. The normalized spacial score (nSPS) is 10.2. The van der Waals surface area contributed by atoms with E-state index in [2.05, 4.69) is 11.4 Å². The Morgan fingerprint density at radius 3 is 2.53 bits per heavy atom. The largest absolute Gasteiger partial charge is 0.309 e. The third kappa shape index (κ3) is 3.54. The van der Waals surface area contributed by atoms with Crippen LogP contribution in [0.15, 0.2) is 42.5 Å². The molecule has 0 heterocycles. The zero-order chi connectivity index (χ0) is 13.7. The minimum atomic E-state index is -0.403. The van der Waals surface area contributed by atoms with Gasteiger partial charge in [-0.25, -0.2) is 4.39 Å². The van der Waals surface area contributed by atoms with Gasteiger partial charge in [-0.1, -0.05) is 35.9 Å². The molecule has 96 valence electrons. The third-order valence-electron chi connectivity index (χ3n) is 2.76. The fraction of sp³-hybridized carbons (Fsp3) is 0.133. The summed E-state index contributed by atoms with van der Waals surface area (Å²) in [7, 11) is 0. The summed E-state index contributed by atoms with van der Waals surface area (Å²) in [6, 6.07) is 14.2. The predicted octanol–water partition coefficient (Wildman–Crippen LogP) is 3.64. The molecule has 0 fully saturated rings. The van der Waals surface area contributed by atoms with Gasteiger partial charge in [-0.15, -0.1) is 0 Å². The lowest BCUT2D eigenvalue weighted by molar-refractivity contribution is 0.620. The Morgan fingerprint density at radius 2 is 1.84 bits per heavy atom. The maximum Gasteiger partial charge on any atom is 0.142 e. The van der Waals surface area contributed by atoms with Crippen molar-refractivity contribution >= 4 is 11.6 Å². The molecule has 0 aliphatic rings. The fourth-order valence-electron chi connectivity index (χ4n) is 1.72. The molecule has 0 unspecified atom stereocenters. The van der Waals surface area contributed by atoms with Crippen molar-refractivity contribution in [3.8, 4) is 6.07 Å². The summed E-state index contributed by atoms with van der Waals surface area (Å²) in [5.41, 5.74) is 2.43. The van der Waals surface area contributed by atoms with Crippen molar-refractivity contribution in [2.24, 2.45) is 0 Å². The summed E-state index contributed by atoms with van der Waals surface area (Å²) in [6.45, 7) is 1.13. The van der Waals surface area contributed by atoms with Crippen molar-refractivity contribution in [3.05, 3.63) is 70.0 Å². The molecule has 2 rings (SSSR count). The highest BCUT2D eigenvalue weighted by Crippen LogP contribution is 2.19. The first-order chi connectivity index (χ1) is 9.20. The average molecular weight is 275 g/mol. The van der Waals surface area contributed by atoms with Gasteiger partial charge in [0.1, 0.15) is 5.82 Å². The van der Waals surface area contributed by atoms with Crippen molar-refractivity contribution in [2.75, 3.05) is 0 Å². The van der Waals surface area contributed by atoms with Crippen LogP contribution < -0.4 is 5.32 Å². The van der Waals surface area contributed by atoms with Gasteiger partial charge in [0.15, 0.2) is 0 Å². The van der Waals surface area contributed by atoms with Gasteiger partial charge in [0.25, 0.3) is 0 Å². The molecule has 2 aromatic rings. The average Bonchev–Trinajstić information content (AvgIpc) is 2.44. The lowest BCUT2D eigenvalue weighted by atomic mass is 10.1. The van der Waals surface area contributed by atoms with E-state index in [9.17, 15) is 4.39 Å². The van der Waals surface area contributed by atoms with Crippen LogP contribution >= 0.6 is 11.6 Å². The molecular weight excluding hydrogens is 263 g/mol. The van der Waals surface area contributed by atoms with Gasteiger partial charge in [0.2, 0.25) is 0 Å². The zero-order valence-electron chi connectivity index (χ0n) is 10.2. The molecule has 0 spiro atoms. The van der Waals surface area contributed by atoms with Crippen molar-refractivity contribution < 1.29 is 4.39 Å². The van der Waals surface area contributed by atoms with Crippen LogP contribution in [0.25, 0.3) is 0 Å². The second-order valence-corrected chi connectivity index (χ2v) is 4.50. The van der Waals surface area contributed by atoms with Gasteiger partial charge in [0.05, 0.1) is 16.7 Å². The highest BCUT2D eigenvalue weighted by molar-refractivity contribution is 6.31. The minimum Gasteiger partial charge on any atom is -0.309 e. The van der Waals surface area contributed by atoms with E-state index in [1.807, 2.05) is 12.1 Å².